The van der Waals surface area contributed by atoms with Gasteiger partial charge in [0.2, 0.25) is 0 Å². The number of rotatable bonds is 4. The number of benzene rings is 1. The zero-order chi connectivity index (χ0) is 14.7. The maximum atomic E-state index is 13.2. The number of amides is 1. The molecule has 0 saturated carbocycles. The van der Waals surface area contributed by atoms with Crippen molar-refractivity contribution in [1.82, 2.24) is 4.98 Å². The normalized spacial score (nSPS) is 10.2. The number of carbonyl (C=O) groups is 2. The van der Waals surface area contributed by atoms with Gasteiger partial charge in [0.25, 0.3) is 5.91 Å². The lowest BCUT2D eigenvalue weighted by Crippen LogP contribution is -2.13. The van der Waals surface area contributed by atoms with Gasteiger partial charge in [-0.1, -0.05) is 0 Å². The highest BCUT2D eigenvalue weighted by atomic mass is 32.1. The first-order valence-electron chi connectivity index (χ1n) is 5.62. The zero-order valence-corrected chi connectivity index (χ0v) is 11.6. The summed E-state index contributed by atoms with van der Waals surface area (Å²) >= 11 is 1.12. The number of halogens is 1. The molecule has 0 fully saturated rings. The monoisotopic (exact) mass is 294 g/mol. The van der Waals surface area contributed by atoms with Gasteiger partial charge in [0.05, 0.1) is 12.7 Å². The Labute approximate surface area is 118 Å². The van der Waals surface area contributed by atoms with Crippen LogP contribution in [-0.4, -0.2) is 23.8 Å². The number of nitrogens with one attached hydrogen (secondary N) is 1. The highest BCUT2D eigenvalue weighted by Gasteiger charge is 2.15. The van der Waals surface area contributed by atoms with Gasteiger partial charge in [-0.25, -0.2) is 9.37 Å². The van der Waals surface area contributed by atoms with Crippen LogP contribution in [0.2, 0.25) is 0 Å². The van der Waals surface area contributed by atoms with E-state index in [2.05, 4.69) is 10.3 Å². The Morgan fingerprint density at radius 1 is 1.40 bits per heavy atom. The number of anilines is 1. The van der Waals surface area contributed by atoms with Crippen LogP contribution in [0, 0.1) is 5.82 Å². The van der Waals surface area contributed by atoms with Gasteiger partial charge in [-0.05, 0) is 18.2 Å². The molecule has 1 amide bonds. The second-order valence-corrected chi connectivity index (χ2v) is 4.75. The van der Waals surface area contributed by atoms with Crippen LogP contribution in [0.4, 0.5) is 9.52 Å². The maximum absolute atomic E-state index is 13.2. The number of Topliss-reactive ketones (excluding diaryl/α,β-unsaturated/α-hetero) is 1. The van der Waals surface area contributed by atoms with Crippen molar-refractivity contribution < 1.29 is 18.7 Å². The first-order valence-corrected chi connectivity index (χ1v) is 6.50. The second kappa shape index (κ2) is 5.79. The summed E-state index contributed by atoms with van der Waals surface area (Å²) in [5, 5.41) is 4.32. The molecule has 1 heterocycles. The number of thiazole rings is 1. The van der Waals surface area contributed by atoms with Crippen LogP contribution in [-0.2, 0) is 0 Å². The SMILES string of the molecule is COc1ccc(F)cc1C(=O)Nc1nc(C(C)=O)cs1. The minimum absolute atomic E-state index is 0.0621. The molecule has 5 nitrogen and oxygen atoms in total. The highest BCUT2D eigenvalue weighted by molar-refractivity contribution is 7.14. The van der Waals surface area contributed by atoms with Crippen molar-refractivity contribution >= 4 is 28.2 Å². The van der Waals surface area contributed by atoms with E-state index in [1.54, 1.807) is 5.38 Å². The van der Waals surface area contributed by atoms with Crippen molar-refractivity contribution in [1.29, 1.82) is 0 Å². The van der Waals surface area contributed by atoms with E-state index in [1.165, 1.54) is 26.2 Å². The van der Waals surface area contributed by atoms with E-state index in [0.29, 0.717) is 0 Å². The average Bonchev–Trinajstić information content (AvgIpc) is 2.87. The Morgan fingerprint density at radius 3 is 2.75 bits per heavy atom. The molecular weight excluding hydrogens is 283 g/mol. The van der Waals surface area contributed by atoms with Crippen LogP contribution in [0.25, 0.3) is 0 Å². The predicted octanol–water partition coefficient (Wildman–Crippen LogP) is 2.75. The predicted molar refractivity (Wildman–Crippen MR) is 73.0 cm³/mol. The third kappa shape index (κ3) is 3.00. The van der Waals surface area contributed by atoms with E-state index in [1.807, 2.05) is 0 Å². The quantitative estimate of drug-likeness (QED) is 0.880. The topological polar surface area (TPSA) is 68.3 Å². The Hall–Kier alpha value is -2.28. The molecule has 0 atom stereocenters. The number of hydrogen-bond acceptors (Lipinski definition) is 5. The summed E-state index contributed by atoms with van der Waals surface area (Å²) in [6.45, 7) is 1.39. The largest absolute Gasteiger partial charge is 0.496 e. The molecule has 1 aromatic carbocycles. The number of carbonyl (C=O) groups excluding carboxylic acids is 2. The number of aromatic nitrogens is 1. The van der Waals surface area contributed by atoms with Crippen molar-refractivity contribution in [2.45, 2.75) is 6.92 Å². The molecule has 0 saturated heterocycles. The summed E-state index contributed by atoms with van der Waals surface area (Å²) in [7, 11) is 1.39. The molecule has 2 aromatic rings. The molecular formula is C13H11FN2O3S. The van der Waals surface area contributed by atoms with Gasteiger partial charge < -0.3 is 4.74 Å². The third-order valence-corrected chi connectivity index (χ3v) is 3.25. The van der Waals surface area contributed by atoms with Gasteiger partial charge in [0.1, 0.15) is 17.3 Å². The Bertz CT molecular complexity index is 669. The first kappa shape index (κ1) is 14.1. The summed E-state index contributed by atoms with van der Waals surface area (Å²) in [5.41, 5.74) is 0.337. The van der Waals surface area contributed by atoms with E-state index in [4.69, 9.17) is 4.74 Å². The summed E-state index contributed by atoms with van der Waals surface area (Å²) in [6, 6.07) is 3.65. The standard InChI is InChI=1S/C13H11FN2O3S/c1-7(17)10-6-20-13(15-10)16-12(18)9-5-8(14)3-4-11(9)19-2/h3-6H,1-2H3,(H,15,16,18). The molecule has 0 unspecified atom stereocenters. The van der Waals surface area contributed by atoms with Crippen LogP contribution in [0.15, 0.2) is 23.6 Å². The molecule has 0 bridgehead atoms. The third-order valence-electron chi connectivity index (χ3n) is 2.49. The van der Waals surface area contributed by atoms with Gasteiger partial charge in [-0.15, -0.1) is 11.3 Å². The fourth-order valence-corrected chi connectivity index (χ4v) is 2.26. The Morgan fingerprint density at radius 2 is 2.15 bits per heavy atom. The molecule has 0 spiro atoms. The summed E-state index contributed by atoms with van der Waals surface area (Å²) in [5.74, 6) is -1.03. The zero-order valence-electron chi connectivity index (χ0n) is 10.8. The van der Waals surface area contributed by atoms with Gasteiger partial charge >= 0.3 is 0 Å². The summed E-state index contributed by atoms with van der Waals surface area (Å²) in [4.78, 5) is 27.1. The highest BCUT2D eigenvalue weighted by Crippen LogP contribution is 2.22. The van der Waals surface area contributed by atoms with E-state index in [9.17, 15) is 14.0 Å². The smallest absolute Gasteiger partial charge is 0.261 e. The van der Waals surface area contributed by atoms with E-state index in [-0.39, 0.29) is 27.9 Å². The van der Waals surface area contributed by atoms with E-state index < -0.39 is 11.7 Å². The fraction of sp³-hybridized carbons (Fsp3) is 0.154. The summed E-state index contributed by atoms with van der Waals surface area (Å²) in [6.07, 6.45) is 0. The molecule has 20 heavy (non-hydrogen) atoms. The molecule has 1 N–H and O–H groups in total. The Kier molecular flexibility index (Phi) is 4.09. The Balaban J connectivity index is 2.23. The summed E-state index contributed by atoms with van der Waals surface area (Å²) < 4.78 is 18.2. The number of methoxy groups -OCH3 is 1. The lowest BCUT2D eigenvalue weighted by Gasteiger charge is -2.07. The molecule has 1 aromatic heterocycles. The van der Waals surface area contributed by atoms with Crippen LogP contribution < -0.4 is 10.1 Å². The second-order valence-electron chi connectivity index (χ2n) is 3.89. The molecule has 0 aliphatic heterocycles. The molecule has 0 radical (unpaired) electrons. The molecule has 0 aliphatic carbocycles. The lowest BCUT2D eigenvalue weighted by atomic mass is 10.2. The lowest BCUT2D eigenvalue weighted by molar-refractivity contribution is 0.100. The number of ether oxygens (including phenoxy) is 1. The minimum atomic E-state index is -0.550. The average molecular weight is 294 g/mol. The molecule has 7 heteroatoms. The maximum Gasteiger partial charge on any atom is 0.261 e. The number of ketones is 1. The first-order chi connectivity index (χ1) is 9.51. The van der Waals surface area contributed by atoms with Crippen molar-refractivity contribution in [3.63, 3.8) is 0 Å². The van der Waals surface area contributed by atoms with Crippen LogP contribution in [0.3, 0.4) is 0 Å². The van der Waals surface area contributed by atoms with Crippen molar-refractivity contribution in [3.8, 4) is 5.75 Å². The van der Waals surface area contributed by atoms with Crippen LogP contribution in [0.5, 0.6) is 5.75 Å². The van der Waals surface area contributed by atoms with Gasteiger partial charge in [-0.3, -0.25) is 14.9 Å². The van der Waals surface area contributed by atoms with E-state index >= 15 is 0 Å². The van der Waals surface area contributed by atoms with Crippen LogP contribution in [0.1, 0.15) is 27.8 Å². The molecule has 0 aliphatic rings. The van der Waals surface area contributed by atoms with Crippen LogP contribution >= 0.6 is 11.3 Å². The van der Waals surface area contributed by atoms with E-state index in [0.717, 1.165) is 17.4 Å². The molecule has 104 valence electrons. The fourth-order valence-electron chi connectivity index (χ4n) is 1.51. The van der Waals surface area contributed by atoms with Gasteiger partial charge in [0, 0.05) is 12.3 Å². The van der Waals surface area contributed by atoms with Crippen molar-refractivity contribution in [2.24, 2.45) is 0 Å². The number of hydrogen-bond donors (Lipinski definition) is 1. The number of nitrogens with zero attached hydrogens (tertiary/aromatic N) is 1. The minimum Gasteiger partial charge on any atom is -0.496 e. The van der Waals surface area contributed by atoms with Gasteiger partial charge in [-0.2, -0.15) is 0 Å². The van der Waals surface area contributed by atoms with Crippen molar-refractivity contribution in [3.05, 3.63) is 40.7 Å². The molecule has 2 rings (SSSR count). The van der Waals surface area contributed by atoms with Gasteiger partial charge in [0.15, 0.2) is 10.9 Å². The van der Waals surface area contributed by atoms with Crippen molar-refractivity contribution in [2.75, 3.05) is 12.4 Å².